The van der Waals surface area contributed by atoms with E-state index in [2.05, 4.69) is 15.7 Å². The van der Waals surface area contributed by atoms with Crippen molar-refractivity contribution in [2.45, 2.75) is 19.4 Å². The van der Waals surface area contributed by atoms with Crippen LogP contribution in [-0.4, -0.2) is 28.8 Å². The molecule has 0 bridgehead atoms. The number of nitrogens with one attached hydrogen (secondary N) is 2. The molecule has 1 unspecified atom stereocenters. The van der Waals surface area contributed by atoms with Crippen molar-refractivity contribution in [2.24, 2.45) is 13.0 Å². The van der Waals surface area contributed by atoms with Crippen LogP contribution in [0, 0.1) is 11.7 Å². The molecule has 126 valence electrons. The molecule has 0 aliphatic carbocycles. The fourth-order valence-electron chi connectivity index (χ4n) is 3.34. The van der Waals surface area contributed by atoms with Gasteiger partial charge in [-0.2, -0.15) is 5.10 Å². The zero-order valence-corrected chi connectivity index (χ0v) is 13.4. The lowest BCUT2D eigenvalue weighted by atomic mass is 9.96. The lowest BCUT2D eigenvalue weighted by Gasteiger charge is -2.24. The van der Waals surface area contributed by atoms with E-state index in [-0.39, 0.29) is 24.2 Å². The van der Waals surface area contributed by atoms with E-state index in [0.717, 1.165) is 36.3 Å². The van der Waals surface area contributed by atoms with Gasteiger partial charge in [0.25, 0.3) is 0 Å². The van der Waals surface area contributed by atoms with Crippen molar-refractivity contribution >= 4 is 11.7 Å². The summed E-state index contributed by atoms with van der Waals surface area (Å²) in [5, 5.41) is 10.7. The molecule has 1 aromatic carbocycles. The third-order valence-corrected chi connectivity index (χ3v) is 4.67. The van der Waals surface area contributed by atoms with Crippen LogP contribution in [0.15, 0.2) is 18.2 Å². The number of carbonyl (C=O) groups is 1. The highest BCUT2D eigenvalue weighted by atomic mass is 19.1. The fraction of sp³-hybridized carbons (Fsp3) is 0.412. The van der Waals surface area contributed by atoms with E-state index < -0.39 is 0 Å². The lowest BCUT2D eigenvalue weighted by Crippen LogP contribution is -2.33. The lowest BCUT2D eigenvalue weighted by molar-refractivity contribution is -0.121. The first-order valence-electron chi connectivity index (χ1n) is 8.09. The van der Waals surface area contributed by atoms with Gasteiger partial charge in [-0.05, 0) is 31.0 Å². The number of benzene rings is 1. The first-order valence-corrected chi connectivity index (χ1v) is 8.09. The topological polar surface area (TPSA) is 68.2 Å². The molecule has 6 nitrogen and oxygen atoms in total. The molecular weight excluding hydrogens is 311 g/mol. The van der Waals surface area contributed by atoms with Gasteiger partial charge in [0.1, 0.15) is 18.2 Å². The highest BCUT2D eigenvalue weighted by molar-refractivity contribution is 5.93. The van der Waals surface area contributed by atoms with E-state index in [9.17, 15) is 9.18 Å². The molecule has 3 heterocycles. The smallest absolute Gasteiger partial charge is 0.232 e. The van der Waals surface area contributed by atoms with Gasteiger partial charge in [-0.1, -0.05) is 6.07 Å². The number of nitrogens with zero attached hydrogens (tertiary/aromatic N) is 2. The second-order valence-corrected chi connectivity index (χ2v) is 6.28. The molecule has 2 aliphatic rings. The molecule has 0 spiro atoms. The number of halogens is 1. The number of fused-ring (bicyclic) bond motifs is 2. The molecule has 0 saturated carbocycles. The largest absolute Gasteiger partial charge is 0.492 e. The van der Waals surface area contributed by atoms with E-state index in [1.807, 2.05) is 11.7 Å². The highest BCUT2D eigenvalue weighted by Gasteiger charge is 2.28. The Hall–Kier alpha value is -2.41. The van der Waals surface area contributed by atoms with E-state index in [1.165, 1.54) is 12.1 Å². The average Bonchev–Trinajstić information content (AvgIpc) is 2.90. The Bertz CT molecular complexity index is 802. The Balaban J connectivity index is 1.50. The van der Waals surface area contributed by atoms with Crippen LogP contribution in [0.4, 0.5) is 10.2 Å². The third-order valence-electron chi connectivity index (χ3n) is 4.67. The minimum atomic E-state index is -0.328. The predicted molar refractivity (Wildman–Crippen MR) is 86.3 cm³/mol. The van der Waals surface area contributed by atoms with Crippen molar-refractivity contribution in [3.05, 3.63) is 40.8 Å². The number of aromatic nitrogens is 2. The van der Waals surface area contributed by atoms with Gasteiger partial charge in [0.05, 0.1) is 11.6 Å². The van der Waals surface area contributed by atoms with Gasteiger partial charge in [-0.3, -0.25) is 9.48 Å². The first-order chi connectivity index (χ1) is 11.6. The maximum atomic E-state index is 13.2. The van der Waals surface area contributed by atoms with Crippen molar-refractivity contribution in [3.8, 4) is 5.75 Å². The Morgan fingerprint density at radius 1 is 1.50 bits per heavy atom. The number of carbonyl (C=O) groups excluding carboxylic acids is 1. The molecule has 24 heavy (non-hydrogen) atoms. The number of hydrogen-bond donors (Lipinski definition) is 2. The van der Waals surface area contributed by atoms with Gasteiger partial charge in [0.15, 0.2) is 5.82 Å². The van der Waals surface area contributed by atoms with Crippen LogP contribution in [0.3, 0.4) is 0 Å². The molecule has 1 atom stereocenters. The molecule has 4 rings (SSSR count). The molecule has 0 saturated heterocycles. The first kappa shape index (κ1) is 15.1. The van der Waals surface area contributed by atoms with Crippen LogP contribution in [0.2, 0.25) is 0 Å². The fourth-order valence-corrected chi connectivity index (χ4v) is 3.34. The number of amides is 1. The van der Waals surface area contributed by atoms with Gasteiger partial charge < -0.3 is 15.4 Å². The van der Waals surface area contributed by atoms with Crippen molar-refractivity contribution in [2.75, 3.05) is 18.5 Å². The molecule has 2 N–H and O–H groups in total. The summed E-state index contributed by atoms with van der Waals surface area (Å²) in [5.74, 6) is 0.432. The SMILES string of the molecule is Cn1nc(NC(=O)C2COc3cc(F)ccc3C2)c2c1CNCC2. The summed E-state index contributed by atoms with van der Waals surface area (Å²) in [6.07, 6.45) is 1.39. The summed E-state index contributed by atoms with van der Waals surface area (Å²) in [4.78, 5) is 12.6. The summed E-state index contributed by atoms with van der Waals surface area (Å²) in [6, 6.07) is 4.44. The number of rotatable bonds is 2. The third kappa shape index (κ3) is 2.65. The summed E-state index contributed by atoms with van der Waals surface area (Å²) in [5.41, 5.74) is 3.07. The van der Waals surface area contributed by atoms with Crippen LogP contribution in [0.25, 0.3) is 0 Å². The minimum absolute atomic E-state index is 0.107. The average molecular weight is 330 g/mol. The number of hydrogen-bond acceptors (Lipinski definition) is 4. The molecule has 2 aromatic rings. The number of anilines is 1. The van der Waals surface area contributed by atoms with Crippen LogP contribution in [0.5, 0.6) is 5.75 Å². The van der Waals surface area contributed by atoms with E-state index in [1.54, 1.807) is 6.07 Å². The summed E-state index contributed by atoms with van der Waals surface area (Å²) >= 11 is 0. The van der Waals surface area contributed by atoms with Gasteiger partial charge in [0.2, 0.25) is 5.91 Å². The summed E-state index contributed by atoms with van der Waals surface area (Å²) < 4.78 is 20.6. The minimum Gasteiger partial charge on any atom is -0.492 e. The molecule has 7 heteroatoms. The summed E-state index contributed by atoms with van der Waals surface area (Å²) in [6.45, 7) is 1.89. The van der Waals surface area contributed by atoms with Gasteiger partial charge in [-0.25, -0.2) is 4.39 Å². The van der Waals surface area contributed by atoms with E-state index in [0.29, 0.717) is 18.0 Å². The molecule has 0 radical (unpaired) electrons. The predicted octanol–water partition coefficient (Wildman–Crippen LogP) is 1.39. The summed E-state index contributed by atoms with van der Waals surface area (Å²) in [7, 11) is 1.88. The van der Waals surface area contributed by atoms with Gasteiger partial charge in [0, 0.05) is 25.2 Å². The molecule has 1 aromatic heterocycles. The Morgan fingerprint density at radius 2 is 2.38 bits per heavy atom. The zero-order chi connectivity index (χ0) is 16.7. The maximum Gasteiger partial charge on any atom is 0.232 e. The van der Waals surface area contributed by atoms with Crippen molar-refractivity contribution in [3.63, 3.8) is 0 Å². The zero-order valence-electron chi connectivity index (χ0n) is 13.4. The Morgan fingerprint density at radius 3 is 3.25 bits per heavy atom. The van der Waals surface area contributed by atoms with Crippen molar-refractivity contribution < 1.29 is 13.9 Å². The number of aryl methyl sites for hydroxylation is 1. The van der Waals surface area contributed by atoms with Crippen LogP contribution in [-0.2, 0) is 31.2 Å². The van der Waals surface area contributed by atoms with Crippen molar-refractivity contribution in [1.29, 1.82) is 0 Å². The van der Waals surface area contributed by atoms with Crippen LogP contribution in [0.1, 0.15) is 16.8 Å². The maximum absolute atomic E-state index is 13.2. The molecule has 1 amide bonds. The molecular formula is C17H19FN4O2. The van der Waals surface area contributed by atoms with Crippen LogP contribution < -0.4 is 15.4 Å². The molecule has 2 aliphatic heterocycles. The highest BCUT2D eigenvalue weighted by Crippen LogP contribution is 2.29. The second kappa shape index (κ2) is 5.90. The Kier molecular flexibility index (Phi) is 3.72. The second-order valence-electron chi connectivity index (χ2n) is 6.28. The standard InChI is InChI=1S/C17H19FN4O2/c1-22-14-8-19-5-4-13(14)16(21-22)20-17(23)11-6-10-2-3-12(18)7-15(10)24-9-11/h2-3,7,11,19H,4-6,8-9H2,1H3,(H,20,21,23). The monoisotopic (exact) mass is 330 g/mol. The molecule has 0 fully saturated rings. The van der Waals surface area contributed by atoms with Crippen LogP contribution >= 0.6 is 0 Å². The Labute approximate surface area is 139 Å². The number of ether oxygens (including phenoxy) is 1. The van der Waals surface area contributed by atoms with Crippen molar-refractivity contribution in [1.82, 2.24) is 15.1 Å². The normalized spacial score (nSPS) is 19.2. The quantitative estimate of drug-likeness (QED) is 0.873. The van der Waals surface area contributed by atoms with Gasteiger partial charge >= 0.3 is 0 Å². The van der Waals surface area contributed by atoms with E-state index in [4.69, 9.17) is 4.74 Å². The van der Waals surface area contributed by atoms with Gasteiger partial charge in [-0.15, -0.1) is 0 Å². The van der Waals surface area contributed by atoms with E-state index >= 15 is 0 Å².